The van der Waals surface area contributed by atoms with Gasteiger partial charge < -0.3 is 5.11 Å². The Morgan fingerprint density at radius 3 is 2.17 bits per heavy atom. The smallest absolute Gasteiger partial charge is 0.154 e. The fraction of sp³-hybridized carbons (Fsp3) is 0. The largest absolute Gasteiger partial charge is 0.507 e. The first-order chi connectivity index (χ1) is 11.6. The Morgan fingerprint density at radius 2 is 1.50 bits per heavy atom. The second-order valence-electron chi connectivity index (χ2n) is 5.09. The molecular formula is C19H12F3NO. The lowest BCUT2D eigenvalue weighted by atomic mass is 10.0. The molecule has 0 spiro atoms. The van der Waals surface area contributed by atoms with Crippen LogP contribution in [0.5, 0.6) is 5.75 Å². The molecule has 0 aliphatic heterocycles. The van der Waals surface area contributed by atoms with Gasteiger partial charge in [-0.15, -0.1) is 0 Å². The van der Waals surface area contributed by atoms with Gasteiger partial charge in [0, 0.05) is 29.5 Å². The quantitative estimate of drug-likeness (QED) is 0.657. The molecule has 0 aliphatic carbocycles. The van der Waals surface area contributed by atoms with Crippen molar-refractivity contribution in [1.82, 2.24) is 0 Å². The minimum absolute atomic E-state index is 0.0598. The number of benzene rings is 3. The molecule has 0 heterocycles. The van der Waals surface area contributed by atoms with Gasteiger partial charge in [-0.25, -0.2) is 18.2 Å². The maximum absolute atomic E-state index is 13.6. The van der Waals surface area contributed by atoms with Gasteiger partial charge in [0.25, 0.3) is 0 Å². The van der Waals surface area contributed by atoms with Crippen LogP contribution in [0.1, 0.15) is 5.56 Å². The van der Waals surface area contributed by atoms with Crippen LogP contribution in [0.4, 0.5) is 18.9 Å². The zero-order valence-corrected chi connectivity index (χ0v) is 12.4. The molecule has 2 nitrogen and oxygen atoms in total. The zero-order chi connectivity index (χ0) is 17.1. The van der Waals surface area contributed by atoms with Gasteiger partial charge in [0.05, 0.1) is 0 Å². The Bertz CT molecular complexity index is 885. The number of para-hydroxylation sites is 1. The number of aromatic hydroxyl groups is 1. The molecule has 120 valence electrons. The fourth-order valence-electron chi connectivity index (χ4n) is 2.31. The lowest BCUT2D eigenvalue weighted by molar-refractivity contribution is 0.476. The summed E-state index contributed by atoms with van der Waals surface area (Å²) in [5.41, 5.74) is 1.05. The Kier molecular flexibility index (Phi) is 4.33. The number of rotatable bonds is 3. The number of halogens is 3. The average Bonchev–Trinajstić information content (AvgIpc) is 2.56. The summed E-state index contributed by atoms with van der Waals surface area (Å²) < 4.78 is 40.1. The molecule has 0 radical (unpaired) electrons. The van der Waals surface area contributed by atoms with Gasteiger partial charge in [0.15, 0.2) is 11.6 Å². The molecule has 0 aromatic heterocycles. The summed E-state index contributed by atoms with van der Waals surface area (Å²) in [6.07, 6.45) is 1.14. The second-order valence-corrected chi connectivity index (χ2v) is 5.09. The van der Waals surface area contributed by atoms with E-state index in [0.717, 1.165) is 11.8 Å². The molecule has 3 aromatic rings. The van der Waals surface area contributed by atoms with E-state index >= 15 is 0 Å². The van der Waals surface area contributed by atoms with Crippen molar-refractivity contribution in [2.45, 2.75) is 0 Å². The molecule has 0 fully saturated rings. The Balaban J connectivity index is 2.00. The SMILES string of the molecule is Oc1c(C=Nc2c(F)cc(F)cc2F)cccc1-c1ccccc1. The van der Waals surface area contributed by atoms with Gasteiger partial charge in [-0.2, -0.15) is 0 Å². The molecule has 0 amide bonds. The van der Waals surface area contributed by atoms with Crippen molar-refractivity contribution in [3.63, 3.8) is 0 Å². The molecule has 0 unspecified atom stereocenters. The van der Waals surface area contributed by atoms with Crippen molar-refractivity contribution in [1.29, 1.82) is 0 Å². The molecule has 3 aromatic carbocycles. The molecule has 5 heteroatoms. The third kappa shape index (κ3) is 3.15. The molecular weight excluding hydrogens is 315 g/mol. The van der Waals surface area contributed by atoms with Crippen molar-refractivity contribution in [2.75, 3.05) is 0 Å². The molecule has 0 saturated carbocycles. The molecule has 0 saturated heterocycles. The number of phenols is 1. The maximum Gasteiger partial charge on any atom is 0.154 e. The second kappa shape index (κ2) is 6.58. The van der Waals surface area contributed by atoms with Crippen molar-refractivity contribution in [3.8, 4) is 16.9 Å². The Hall–Kier alpha value is -3.08. The van der Waals surface area contributed by atoms with Crippen molar-refractivity contribution in [3.05, 3.63) is 83.7 Å². The zero-order valence-electron chi connectivity index (χ0n) is 12.4. The van der Waals surface area contributed by atoms with Crippen LogP contribution < -0.4 is 0 Å². The average molecular weight is 327 g/mol. The minimum atomic E-state index is -1.11. The monoisotopic (exact) mass is 327 g/mol. The van der Waals surface area contributed by atoms with Crippen LogP contribution >= 0.6 is 0 Å². The topological polar surface area (TPSA) is 32.6 Å². The molecule has 24 heavy (non-hydrogen) atoms. The van der Waals surface area contributed by atoms with E-state index in [0.29, 0.717) is 23.3 Å². The van der Waals surface area contributed by atoms with Crippen LogP contribution in [-0.4, -0.2) is 11.3 Å². The maximum atomic E-state index is 13.6. The van der Waals surface area contributed by atoms with Crippen LogP contribution in [0.2, 0.25) is 0 Å². The summed E-state index contributed by atoms with van der Waals surface area (Å²) in [5.74, 6) is -3.29. The highest BCUT2D eigenvalue weighted by Crippen LogP contribution is 2.32. The summed E-state index contributed by atoms with van der Waals surface area (Å²) in [4.78, 5) is 3.71. The van der Waals surface area contributed by atoms with E-state index < -0.39 is 23.1 Å². The van der Waals surface area contributed by atoms with Crippen molar-refractivity contribution < 1.29 is 18.3 Å². The minimum Gasteiger partial charge on any atom is -0.507 e. The number of aliphatic imine (C=N–C) groups is 1. The van der Waals surface area contributed by atoms with E-state index in [9.17, 15) is 18.3 Å². The van der Waals surface area contributed by atoms with Crippen LogP contribution in [0, 0.1) is 17.5 Å². The Labute approximate surface area is 136 Å². The summed E-state index contributed by atoms with van der Waals surface area (Å²) >= 11 is 0. The fourth-order valence-corrected chi connectivity index (χ4v) is 2.31. The highest BCUT2D eigenvalue weighted by Gasteiger charge is 2.11. The lowest BCUT2D eigenvalue weighted by Gasteiger charge is -2.07. The standard InChI is InChI=1S/C19H12F3NO/c20-14-9-16(21)18(17(22)10-14)23-11-13-7-4-8-15(19(13)24)12-5-2-1-3-6-12/h1-11,24H. The van der Waals surface area contributed by atoms with Crippen LogP contribution in [0.3, 0.4) is 0 Å². The third-order valence-corrected chi connectivity index (χ3v) is 3.47. The Morgan fingerprint density at radius 1 is 0.833 bits per heavy atom. The number of hydrogen-bond acceptors (Lipinski definition) is 2. The van der Waals surface area contributed by atoms with E-state index in [1.54, 1.807) is 18.2 Å². The highest BCUT2D eigenvalue weighted by molar-refractivity contribution is 5.89. The first-order valence-electron chi connectivity index (χ1n) is 7.12. The van der Waals surface area contributed by atoms with E-state index in [1.807, 2.05) is 30.3 Å². The molecule has 0 aliphatic rings. The number of hydrogen-bond donors (Lipinski definition) is 1. The normalized spacial score (nSPS) is 11.1. The third-order valence-electron chi connectivity index (χ3n) is 3.47. The van der Waals surface area contributed by atoms with Gasteiger partial charge >= 0.3 is 0 Å². The van der Waals surface area contributed by atoms with E-state index in [-0.39, 0.29) is 5.75 Å². The van der Waals surface area contributed by atoms with Crippen molar-refractivity contribution >= 4 is 11.9 Å². The highest BCUT2D eigenvalue weighted by atomic mass is 19.1. The molecule has 0 bridgehead atoms. The van der Waals surface area contributed by atoms with E-state index in [2.05, 4.69) is 4.99 Å². The molecule has 3 rings (SSSR count). The van der Waals surface area contributed by atoms with Gasteiger partial charge in [-0.3, -0.25) is 0 Å². The van der Waals surface area contributed by atoms with Gasteiger partial charge in [0.1, 0.15) is 17.3 Å². The summed E-state index contributed by atoms with van der Waals surface area (Å²) in [7, 11) is 0. The predicted octanol–water partition coefficient (Wildman–Crippen LogP) is 5.23. The van der Waals surface area contributed by atoms with Crippen LogP contribution in [0.25, 0.3) is 11.1 Å². The van der Waals surface area contributed by atoms with E-state index in [1.165, 1.54) is 0 Å². The number of nitrogens with zero attached hydrogens (tertiary/aromatic N) is 1. The number of phenolic OH excluding ortho intramolecular Hbond substituents is 1. The molecule has 1 N–H and O–H groups in total. The first kappa shape index (κ1) is 15.8. The summed E-state index contributed by atoms with van der Waals surface area (Å²) in [5, 5.41) is 10.4. The van der Waals surface area contributed by atoms with Gasteiger partial charge in [-0.05, 0) is 11.6 Å². The predicted molar refractivity (Wildman–Crippen MR) is 87.1 cm³/mol. The molecule has 0 atom stereocenters. The van der Waals surface area contributed by atoms with E-state index in [4.69, 9.17) is 0 Å². The van der Waals surface area contributed by atoms with Crippen LogP contribution in [-0.2, 0) is 0 Å². The summed E-state index contributed by atoms with van der Waals surface area (Å²) in [6, 6.07) is 15.3. The van der Waals surface area contributed by atoms with Crippen molar-refractivity contribution in [2.24, 2.45) is 4.99 Å². The van der Waals surface area contributed by atoms with Gasteiger partial charge in [0.2, 0.25) is 0 Å². The lowest BCUT2D eigenvalue weighted by Crippen LogP contribution is -1.89. The van der Waals surface area contributed by atoms with Gasteiger partial charge in [-0.1, -0.05) is 42.5 Å². The van der Waals surface area contributed by atoms with Crippen LogP contribution in [0.15, 0.2) is 65.7 Å². The first-order valence-corrected chi connectivity index (χ1v) is 7.12. The summed E-state index contributed by atoms with van der Waals surface area (Å²) in [6.45, 7) is 0.